The van der Waals surface area contributed by atoms with Crippen LogP contribution < -0.4 is 5.90 Å². The van der Waals surface area contributed by atoms with Crippen LogP contribution in [0.1, 0.15) is 13.3 Å². The van der Waals surface area contributed by atoms with Crippen molar-refractivity contribution in [3.05, 3.63) is 0 Å². The minimum absolute atomic E-state index is 0.0116. The maximum absolute atomic E-state index is 10.1. The Hall–Kier alpha value is -0.490. The molecule has 0 aliphatic carbocycles. The fourth-order valence-corrected chi connectivity index (χ4v) is 0.578. The van der Waals surface area contributed by atoms with Crippen molar-refractivity contribution in [2.24, 2.45) is 5.90 Å². The SMILES string of the molecule is C[C@H](O)[C@H](O)C[C@@H](C=O)ON. The smallest absolute Gasteiger partial charge is 0.150 e. The first-order chi connectivity index (χ1) is 5.11. The number of aliphatic hydroxyl groups is 2. The number of aliphatic hydroxyl groups excluding tert-OH is 2. The number of aldehydes is 1. The predicted octanol–water partition coefficient (Wildman–Crippen LogP) is -1.42. The normalized spacial score (nSPS) is 18.9. The van der Waals surface area contributed by atoms with Crippen molar-refractivity contribution in [2.45, 2.75) is 31.7 Å². The first kappa shape index (κ1) is 10.5. The third kappa shape index (κ3) is 4.05. The lowest BCUT2D eigenvalue weighted by molar-refractivity contribution is -0.121. The highest BCUT2D eigenvalue weighted by molar-refractivity contribution is 5.55. The second kappa shape index (κ2) is 5.20. The van der Waals surface area contributed by atoms with Crippen molar-refractivity contribution in [1.82, 2.24) is 0 Å². The van der Waals surface area contributed by atoms with Gasteiger partial charge in [-0.3, -0.25) is 4.84 Å². The Kier molecular flexibility index (Phi) is 4.97. The highest BCUT2D eigenvalue weighted by Gasteiger charge is 2.17. The molecule has 0 aliphatic rings. The Labute approximate surface area is 64.7 Å². The highest BCUT2D eigenvalue weighted by Crippen LogP contribution is 2.02. The second-order valence-corrected chi connectivity index (χ2v) is 2.35. The van der Waals surface area contributed by atoms with Gasteiger partial charge in [0.2, 0.25) is 0 Å². The number of nitrogens with two attached hydrogens (primary N) is 1. The molecule has 66 valence electrons. The highest BCUT2D eigenvalue weighted by atomic mass is 16.6. The molecule has 0 saturated carbocycles. The van der Waals surface area contributed by atoms with Crippen molar-refractivity contribution in [2.75, 3.05) is 0 Å². The maximum atomic E-state index is 10.1. The lowest BCUT2D eigenvalue weighted by Crippen LogP contribution is -2.31. The van der Waals surface area contributed by atoms with Gasteiger partial charge in [-0.25, -0.2) is 5.90 Å². The van der Waals surface area contributed by atoms with Crippen molar-refractivity contribution in [1.29, 1.82) is 0 Å². The molecule has 0 aliphatic heterocycles. The van der Waals surface area contributed by atoms with Crippen molar-refractivity contribution in [3.8, 4) is 0 Å². The van der Waals surface area contributed by atoms with Crippen LogP contribution in [0.3, 0.4) is 0 Å². The molecule has 0 aromatic carbocycles. The van der Waals surface area contributed by atoms with Gasteiger partial charge in [-0.15, -0.1) is 0 Å². The van der Waals surface area contributed by atoms with Crippen LogP contribution in [0.25, 0.3) is 0 Å². The van der Waals surface area contributed by atoms with Gasteiger partial charge >= 0.3 is 0 Å². The molecule has 5 heteroatoms. The van der Waals surface area contributed by atoms with Gasteiger partial charge in [-0.1, -0.05) is 0 Å². The van der Waals surface area contributed by atoms with Crippen molar-refractivity contribution in [3.63, 3.8) is 0 Å². The number of hydrogen-bond donors (Lipinski definition) is 3. The van der Waals surface area contributed by atoms with E-state index in [1.54, 1.807) is 0 Å². The first-order valence-corrected chi connectivity index (χ1v) is 3.28. The van der Waals surface area contributed by atoms with Crippen LogP contribution in [-0.2, 0) is 9.63 Å². The molecular formula is C6H13NO4. The first-order valence-electron chi connectivity index (χ1n) is 3.28. The molecule has 0 spiro atoms. The summed E-state index contributed by atoms with van der Waals surface area (Å²) >= 11 is 0. The zero-order valence-electron chi connectivity index (χ0n) is 6.30. The quantitative estimate of drug-likeness (QED) is 0.341. The van der Waals surface area contributed by atoms with E-state index in [-0.39, 0.29) is 6.42 Å². The fraction of sp³-hybridized carbons (Fsp3) is 0.833. The van der Waals surface area contributed by atoms with E-state index in [9.17, 15) is 4.79 Å². The molecule has 0 bridgehead atoms. The predicted molar refractivity (Wildman–Crippen MR) is 37.4 cm³/mol. The summed E-state index contributed by atoms with van der Waals surface area (Å²) in [4.78, 5) is 14.3. The lowest BCUT2D eigenvalue weighted by Gasteiger charge is -2.15. The molecule has 0 rings (SSSR count). The molecule has 0 aromatic heterocycles. The summed E-state index contributed by atoms with van der Waals surface area (Å²) in [7, 11) is 0. The molecule has 11 heavy (non-hydrogen) atoms. The van der Waals surface area contributed by atoms with Crippen molar-refractivity contribution >= 4 is 6.29 Å². The van der Waals surface area contributed by atoms with Gasteiger partial charge in [0, 0.05) is 6.42 Å². The van der Waals surface area contributed by atoms with E-state index < -0.39 is 18.3 Å². The fourth-order valence-electron chi connectivity index (χ4n) is 0.578. The molecule has 0 amide bonds. The number of hydrogen-bond acceptors (Lipinski definition) is 5. The maximum Gasteiger partial charge on any atom is 0.150 e. The zero-order valence-corrected chi connectivity index (χ0v) is 6.30. The van der Waals surface area contributed by atoms with E-state index >= 15 is 0 Å². The van der Waals surface area contributed by atoms with E-state index in [0.717, 1.165) is 0 Å². The summed E-state index contributed by atoms with van der Waals surface area (Å²) in [5.74, 6) is 4.71. The molecule has 0 radical (unpaired) electrons. The van der Waals surface area contributed by atoms with Crippen LogP contribution in [0.15, 0.2) is 0 Å². The molecule has 4 N–H and O–H groups in total. The van der Waals surface area contributed by atoms with Gasteiger partial charge in [0.05, 0.1) is 12.2 Å². The van der Waals surface area contributed by atoms with Crippen LogP contribution in [0.5, 0.6) is 0 Å². The molecule has 3 atom stereocenters. The monoisotopic (exact) mass is 163 g/mol. The Bertz CT molecular complexity index is 117. The Morgan fingerprint density at radius 2 is 2.18 bits per heavy atom. The Balaban J connectivity index is 3.71. The third-order valence-electron chi connectivity index (χ3n) is 1.36. The summed E-state index contributed by atoms with van der Waals surface area (Å²) in [5.41, 5.74) is 0. The van der Waals surface area contributed by atoms with Crippen LogP contribution >= 0.6 is 0 Å². The molecule has 0 saturated heterocycles. The summed E-state index contributed by atoms with van der Waals surface area (Å²) in [6.45, 7) is 1.42. The lowest BCUT2D eigenvalue weighted by atomic mass is 10.1. The average molecular weight is 163 g/mol. The van der Waals surface area contributed by atoms with E-state index in [4.69, 9.17) is 16.1 Å². The van der Waals surface area contributed by atoms with Crippen LogP contribution in [0.2, 0.25) is 0 Å². The van der Waals surface area contributed by atoms with Gasteiger partial charge in [0.25, 0.3) is 0 Å². The zero-order chi connectivity index (χ0) is 8.85. The summed E-state index contributed by atoms with van der Waals surface area (Å²) in [5, 5.41) is 17.8. The van der Waals surface area contributed by atoms with E-state index in [2.05, 4.69) is 4.84 Å². The number of carbonyl (C=O) groups is 1. The van der Waals surface area contributed by atoms with Gasteiger partial charge < -0.3 is 15.0 Å². The van der Waals surface area contributed by atoms with Gasteiger partial charge in [0.1, 0.15) is 6.10 Å². The molecule has 0 fully saturated rings. The Morgan fingerprint density at radius 3 is 2.45 bits per heavy atom. The molecular weight excluding hydrogens is 150 g/mol. The standard InChI is InChI=1S/C6H13NO4/c1-4(9)6(10)2-5(3-8)11-7/h3-6,9-10H,2,7H2,1H3/t4-,5-,6+/m0/s1. The van der Waals surface area contributed by atoms with Crippen molar-refractivity contribution < 1.29 is 19.8 Å². The topological polar surface area (TPSA) is 92.8 Å². The van der Waals surface area contributed by atoms with Gasteiger partial charge in [-0.05, 0) is 6.92 Å². The minimum Gasteiger partial charge on any atom is -0.391 e. The minimum atomic E-state index is -0.978. The third-order valence-corrected chi connectivity index (χ3v) is 1.36. The van der Waals surface area contributed by atoms with Gasteiger partial charge in [0.15, 0.2) is 6.29 Å². The average Bonchev–Trinajstić information content (AvgIpc) is 1.99. The van der Waals surface area contributed by atoms with Gasteiger partial charge in [-0.2, -0.15) is 0 Å². The largest absolute Gasteiger partial charge is 0.391 e. The van der Waals surface area contributed by atoms with E-state index in [0.29, 0.717) is 6.29 Å². The second-order valence-electron chi connectivity index (χ2n) is 2.35. The molecule has 0 heterocycles. The van der Waals surface area contributed by atoms with Crippen LogP contribution in [0, 0.1) is 0 Å². The number of rotatable bonds is 5. The molecule has 5 nitrogen and oxygen atoms in total. The number of carbonyl (C=O) groups excluding carboxylic acids is 1. The van der Waals surface area contributed by atoms with Crippen LogP contribution in [-0.4, -0.2) is 34.8 Å². The summed E-state index contributed by atoms with van der Waals surface area (Å²) < 4.78 is 0. The molecule has 0 unspecified atom stereocenters. The van der Waals surface area contributed by atoms with E-state index in [1.807, 2.05) is 0 Å². The van der Waals surface area contributed by atoms with Crippen LogP contribution in [0.4, 0.5) is 0 Å². The van der Waals surface area contributed by atoms with E-state index in [1.165, 1.54) is 6.92 Å². The summed E-state index contributed by atoms with van der Waals surface area (Å²) in [6, 6.07) is 0. The molecule has 0 aromatic rings. The summed E-state index contributed by atoms with van der Waals surface area (Å²) in [6.07, 6.45) is -2.22. The Morgan fingerprint density at radius 1 is 1.64 bits per heavy atom.